The molecule has 0 aliphatic rings. The minimum Gasteiger partial charge on any atom is -0.386 e. The first-order valence-corrected chi connectivity index (χ1v) is 14.3. The van der Waals surface area contributed by atoms with Crippen LogP contribution in [0.1, 0.15) is 77.3 Å². The van der Waals surface area contributed by atoms with Gasteiger partial charge in [0.1, 0.15) is 0 Å². The molecule has 6 nitrogen and oxygen atoms in total. The molecule has 6 heteroatoms. The van der Waals surface area contributed by atoms with Crippen LogP contribution in [0, 0.1) is 0 Å². The zero-order valence-electron chi connectivity index (χ0n) is 24.9. The third-order valence-corrected chi connectivity index (χ3v) is 6.47. The van der Waals surface area contributed by atoms with E-state index in [1.54, 1.807) is 13.8 Å². The Labute approximate surface area is 249 Å². The summed E-state index contributed by atoms with van der Waals surface area (Å²) in [6.07, 6.45) is 13.9. The maximum atomic E-state index is 12.7. The maximum absolute atomic E-state index is 12.7. The summed E-state index contributed by atoms with van der Waals surface area (Å²) in [5.41, 5.74) is 4.09. The Morgan fingerprint density at radius 1 is 0.571 bits per heavy atom. The molecular formula is C36H40O6. The van der Waals surface area contributed by atoms with Gasteiger partial charge < -0.3 is 9.47 Å². The molecule has 0 bridgehead atoms. The molecule has 0 saturated heterocycles. The lowest BCUT2D eigenvalue weighted by molar-refractivity contribution is -0.156. The van der Waals surface area contributed by atoms with E-state index < -0.39 is 23.9 Å². The highest BCUT2D eigenvalue weighted by molar-refractivity contribution is 6.04. The van der Waals surface area contributed by atoms with Crippen LogP contribution in [-0.2, 0) is 28.7 Å². The van der Waals surface area contributed by atoms with Crippen molar-refractivity contribution in [3.63, 3.8) is 0 Å². The molecule has 0 aliphatic heterocycles. The van der Waals surface area contributed by atoms with Gasteiger partial charge in [0.05, 0.1) is 0 Å². The van der Waals surface area contributed by atoms with E-state index in [0.29, 0.717) is 24.0 Å². The van der Waals surface area contributed by atoms with E-state index >= 15 is 0 Å². The fourth-order valence-electron chi connectivity index (χ4n) is 3.85. The van der Waals surface area contributed by atoms with Crippen molar-refractivity contribution in [2.24, 2.45) is 0 Å². The van der Waals surface area contributed by atoms with Crippen LogP contribution in [0.25, 0.3) is 12.2 Å². The topological polar surface area (TPSA) is 86.7 Å². The van der Waals surface area contributed by atoms with Crippen molar-refractivity contribution in [3.05, 3.63) is 118 Å². The number of rotatable bonds is 14. The number of unbranched alkanes of at least 4 members (excludes halogenated alkanes) is 2. The second-order valence-corrected chi connectivity index (χ2v) is 9.75. The summed E-state index contributed by atoms with van der Waals surface area (Å²) in [6, 6.07) is 19.3. The summed E-state index contributed by atoms with van der Waals surface area (Å²) in [5.74, 6) is -3.68. The molecule has 0 aromatic heterocycles. The van der Waals surface area contributed by atoms with E-state index in [1.807, 2.05) is 85.0 Å². The number of hydrogen-bond acceptors (Lipinski definition) is 6. The molecule has 2 rings (SSSR count). The van der Waals surface area contributed by atoms with Gasteiger partial charge in [-0.05, 0) is 61.8 Å². The molecule has 0 N–H and O–H groups in total. The van der Waals surface area contributed by atoms with Crippen LogP contribution in [0.3, 0.4) is 0 Å². The van der Waals surface area contributed by atoms with Crippen molar-refractivity contribution in [3.8, 4) is 0 Å². The van der Waals surface area contributed by atoms with Gasteiger partial charge in [-0.3, -0.25) is 0 Å². The van der Waals surface area contributed by atoms with Gasteiger partial charge in [0, 0.05) is 23.3 Å². The molecule has 0 unspecified atom stereocenters. The SMILES string of the molecule is CCCCC(C=Cc1ccccc1)=C(C)C(=O)OC(=O)C=CC(=O)OC(=O)C(C)=C(C=Cc1ccccc1)CCCC. The first kappa shape index (κ1) is 33.6. The molecule has 0 heterocycles. The monoisotopic (exact) mass is 568 g/mol. The van der Waals surface area contributed by atoms with Gasteiger partial charge >= 0.3 is 23.9 Å². The third-order valence-electron chi connectivity index (χ3n) is 6.47. The lowest BCUT2D eigenvalue weighted by Gasteiger charge is -2.08. The van der Waals surface area contributed by atoms with Crippen LogP contribution < -0.4 is 0 Å². The second-order valence-electron chi connectivity index (χ2n) is 9.75. The van der Waals surface area contributed by atoms with Crippen molar-refractivity contribution in [2.45, 2.75) is 66.2 Å². The molecule has 0 amide bonds. The van der Waals surface area contributed by atoms with Crippen LogP contribution in [0.4, 0.5) is 0 Å². The normalized spacial score (nSPS) is 12.8. The van der Waals surface area contributed by atoms with Gasteiger partial charge in [0.25, 0.3) is 0 Å². The fourth-order valence-corrected chi connectivity index (χ4v) is 3.85. The maximum Gasteiger partial charge on any atom is 0.341 e. The van der Waals surface area contributed by atoms with Crippen LogP contribution in [-0.4, -0.2) is 23.9 Å². The number of hydrogen-bond donors (Lipinski definition) is 0. The van der Waals surface area contributed by atoms with Gasteiger partial charge in [-0.1, -0.05) is 112 Å². The predicted octanol–water partition coefficient (Wildman–Crippen LogP) is 8.12. The van der Waals surface area contributed by atoms with Gasteiger partial charge in [0.2, 0.25) is 0 Å². The molecule has 0 atom stereocenters. The molecule has 0 fully saturated rings. The highest BCUT2D eigenvalue weighted by atomic mass is 16.6. The summed E-state index contributed by atoms with van der Waals surface area (Å²) >= 11 is 0. The number of allylic oxidation sites excluding steroid dienone is 4. The van der Waals surface area contributed by atoms with Crippen molar-refractivity contribution >= 4 is 36.0 Å². The first-order chi connectivity index (χ1) is 20.2. The quantitative estimate of drug-likeness (QED) is 0.0990. The van der Waals surface area contributed by atoms with Gasteiger partial charge in [-0.2, -0.15) is 0 Å². The summed E-state index contributed by atoms with van der Waals surface area (Å²) in [6.45, 7) is 7.30. The lowest BCUT2D eigenvalue weighted by Crippen LogP contribution is -2.15. The Balaban J connectivity index is 2.05. The first-order valence-electron chi connectivity index (χ1n) is 14.3. The lowest BCUT2D eigenvalue weighted by atomic mass is 10.0. The minimum absolute atomic E-state index is 0.305. The van der Waals surface area contributed by atoms with Gasteiger partial charge in [-0.15, -0.1) is 0 Å². The van der Waals surface area contributed by atoms with E-state index in [2.05, 4.69) is 13.8 Å². The van der Waals surface area contributed by atoms with Crippen molar-refractivity contribution in [1.29, 1.82) is 0 Å². The van der Waals surface area contributed by atoms with Crippen LogP contribution in [0.5, 0.6) is 0 Å². The van der Waals surface area contributed by atoms with Gasteiger partial charge in [0.15, 0.2) is 0 Å². The van der Waals surface area contributed by atoms with Crippen LogP contribution in [0.2, 0.25) is 0 Å². The zero-order valence-corrected chi connectivity index (χ0v) is 24.9. The molecule has 42 heavy (non-hydrogen) atoms. The van der Waals surface area contributed by atoms with Crippen molar-refractivity contribution < 1.29 is 28.7 Å². The smallest absolute Gasteiger partial charge is 0.341 e. The molecule has 2 aromatic carbocycles. The molecule has 220 valence electrons. The number of carbonyl (C=O) groups is 4. The van der Waals surface area contributed by atoms with Crippen LogP contribution >= 0.6 is 0 Å². The average Bonchev–Trinajstić information content (AvgIpc) is 3.00. The average molecular weight is 569 g/mol. The van der Waals surface area contributed by atoms with Crippen molar-refractivity contribution in [1.82, 2.24) is 0 Å². The predicted molar refractivity (Wildman–Crippen MR) is 167 cm³/mol. The molecule has 0 aliphatic carbocycles. The van der Waals surface area contributed by atoms with E-state index in [-0.39, 0.29) is 0 Å². The Morgan fingerprint density at radius 2 is 0.929 bits per heavy atom. The molecule has 2 aromatic rings. The standard InChI is InChI=1S/C36H40O6/c1-5-7-19-31(23-21-29-15-11-9-12-16-29)27(3)35(39)41-33(37)25-26-34(38)42-36(40)28(4)32(20-8-6-2)24-22-30-17-13-10-14-18-30/h9-18,21-26H,5-8,19-20H2,1-4H3. The molecule has 0 radical (unpaired) electrons. The molecule has 0 saturated carbocycles. The zero-order chi connectivity index (χ0) is 30.7. The summed E-state index contributed by atoms with van der Waals surface area (Å²) in [5, 5.41) is 0. The Kier molecular flexibility index (Phi) is 15.0. The highest BCUT2D eigenvalue weighted by Gasteiger charge is 2.16. The second kappa shape index (κ2) is 18.7. The van der Waals surface area contributed by atoms with E-state index in [1.165, 1.54) is 0 Å². The summed E-state index contributed by atoms with van der Waals surface area (Å²) in [7, 11) is 0. The fraction of sp³-hybridized carbons (Fsp3) is 0.278. The number of carbonyl (C=O) groups excluding carboxylic acids is 4. The molecular weight excluding hydrogens is 528 g/mol. The Hall–Kier alpha value is -4.58. The number of ether oxygens (including phenoxy) is 2. The minimum atomic E-state index is -1.03. The van der Waals surface area contributed by atoms with E-state index in [0.717, 1.165) is 60.1 Å². The summed E-state index contributed by atoms with van der Waals surface area (Å²) < 4.78 is 9.83. The van der Waals surface area contributed by atoms with Gasteiger partial charge in [-0.25, -0.2) is 19.2 Å². The highest BCUT2D eigenvalue weighted by Crippen LogP contribution is 2.19. The van der Waals surface area contributed by atoms with E-state index in [4.69, 9.17) is 9.47 Å². The number of benzene rings is 2. The largest absolute Gasteiger partial charge is 0.386 e. The Bertz CT molecular complexity index is 1250. The third kappa shape index (κ3) is 12.3. The van der Waals surface area contributed by atoms with Crippen LogP contribution in [0.15, 0.2) is 107 Å². The van der Waals surface area contributed by atoms with E-state index in [9.17, 15) is 19.2 Å². The Morgan fingerprint density at radius 3 is 1.26 bits per heavy atom. The van der Waals surface area contributed by atoms with Crippen molar-refractivity contribution in [2.75, 3.05) is 0 Å². The summed E-state index contributed by atoms with van der Waals surface area (Å²) in [4.78, 5) is 49.8. The number of esters is 4. The molecule has 0 spiro atoms.